The highest BCUT2D eigenvalue weighted by molar-refractivity contribution is 6.30. The second-order valence-electron chi connectivity index (χ2n) is 3.33. The zero-order valence-electron chi connectivity index (χ0n) is 8.72. The minimum Gasteiger partial charge on any atom is -0.504 e. The molecule has 1 aromatic carbocycles. The third-order valence-corrected chi connectivity index (χ3v) is 2.38. The number of carbonyl (C=O) groups excluding carboxylic acids is 1. The Hall–Kier alpha value is -2.07. The Bertz CT molecular complexity index is 540. The maximum Gasteiger partial charge on any atom is 0.256 e. The van der Waals surface area contributed by atoms with Gasteiger partial charge in [-0.15, -0.1) is 0 Å². The van der Waals surface area contributed by atoms with Gasteiger partial charge in [-0.3, -0.25) is 4.79 Å². The molecule has 1 aromatic heterocycles. The molecule has 0 bridgehead atoms. The van der Waals surface area contributed by atoms with Crippen molar-refractivity contribution in [3.05, 3.63) is 53.2 Å². The number of hydrogen-bond donors (Lipinski definition) is 2. The average Bonchev–Trinajstić information content (AvgIpc) is 2.33. The van der Waals surface area contributed by atoms with Gasteiger partial charge in [-0.2, -0.15) is 0 Å². The summed E-state index contributed by atoms with van der Waals surface area (Å²) in [5, 5.41) is 12.5. The van der Waals surface area contributed by atoms with Crippen molar-refractivity contribution in [3.63, 3.8) is 0 Å². The number of nitrogens with one attached hydrogen (secondary N) is 1. The number of hydrogen-bond acceptors (Lipinski definition) is 3. The van der Waals surface area contributed by atoms with E-state index in [2.05, 4.69) is 10.3 Å². The van der Waals surface area contributed by atoms with Crippen LogP contribution in [0.1, 0.15) is 10.4 Å². The number of rotatable bonds is 2. The van der Waals surface area contributed by atoms with E-state index in [1.807, 2.05) is 0 Å². The first-order valence-electron chi connectivity index (χ1n) is 4.88. The van der Waals surface area contributed by atoms with Crippen LogP contribution < -0.4 is 5.32 Å². The summed E-state index contributed by atoms with van der Waals surface area (Å²) in [6.45, 7) is 0. The lowest BCUT2D eigenvalue weighted by molar-refractivity contribution is 0.102. The maximum atomic E-state index is 11.8. The van der Waals surface area contributed by atoms with E-state index in [1.54, 1.807) is 30.3 Å². The highest BCUT2D eigenvalue weighted by atomic mass is 35.5. The molecule has 0 saturated carbocycles. The minimum atomic E-state index is -0.351. The smallest absolute Gasteiger partial charge is 0.256 e. The van der Waals surface area contributed by atoms with E-state index >= 15 is 0 Å². The van der Waals surface area contributed by atoms with Gasteiger partial charge in [-0.25, -0.2) is 4.98 Å². The number of nitrogens with zero attached hydrogens (tertiary/aromatic N) is 1. The van der Waals surface area contributed by atoms with Crippen molar-refractivity contribution < 1.29 is 9.90 Å². The fourth-order valence-electron chi connectivity index (χ4n) is 1.27. The van der Waals surface area contributed by atoms with Gasteiger partial charge in [0.1, 0.15) is 0 Å². The number of aromatic nitrogens is 1. The van der Waals surface area contributed by atoms with Gasteiger partial charge in [-0.1, -0.05) is 11.6 Å². The highest BCUT2D eigenvalue weighted by Crippen LogP contribution is 2.19. The first-order valence-corrected chi connectivity index (χ1v) is 5.25. The van der Waals surface area contributed by atoms with Crippen molar-refractivity contribution in [1.82, 2.24) is 4.98 Å². The molecule has 0 unspecified atom stereocenters. The molecule has 2 aromatic rings. The van der Waals surface area contributed by atoms with E-state index in [0.717, 1.165) is 0 Å². The Kier molecular flexibility index (Phi) is 3.25. The summed E-state index contributed by atoms with van der Waals surface area (Å²) in [4.78, 5) is 15.6. The number of benzene rings is 1. The molecule has 1 amide bonds. The SMILES string of the molecule is O=C(Nc1ncccc1O)c1ccc(Cl)cc1. The van der Waals surface area contributed by atoms with E-state index < -0.39 is 0 Å². The molecule has 4 nitrogen and oxygen atoms in total. The van der Waals surface area contributed by atoms with Gasteiger partial charge >= 0.3 is 0 Å². The molecule has 0 aliphatic heterocycles. The summed E-state index contributed by atoms with van der Waals surface area (Å²) >= 11 is 5.72. The second kappa shape index (κ2) is 4.84. The van der Waals surface area contributed by atoms with E-state index in [1.165, 1.54) is 12.3 Å². The summed E-state index contributed by atoms with van der Waals surface area (Å²) in [6, 6.07) is 9.45. The Balaban J connectivity index is 2.17. The second-order valence-corrected chi connectivity index (χ2v) is 3.77. The molecule has 0 saturated heterocycles. The first kappa shape index (κ1) is 11.4. The molecule has 0 radical (unpaired) electrons. The molecule has 17 heavy (non-hydrogen) atoms. The van der Waals surface area contributed by atoms with Gasteiger partial charge in [0.25, 0.3) is 5.91 Å². The van der Waals surface area contributed by atoms with Gasteiger partial charge in [-0.05, 0) is 36.4 Å². The summed E-state index contributed by atoms with van der Waals surface area (Å²) in [7, 11) is 0. The molecule has 2 N–H and O–H groups in total. The molecule has 86 valence electrons. The van der Waals surface area contributed by atoms with E-state index in [4.69, 9.17) is 11.6 Å². The Morgan fingerprint density at radius 1 is 1.24 bits per heavy atom. The van der Waals surface area contributed by atoms with Crippen LogP contribution in [-0.2, 0) is 0 Å². The number of aromatic hydroxyl groups is 1. The molecule has 0 fully saturated rings. The van der Waals surface area contributed by atoms with Crippen LogP contribution in [0.4, 0.5) is 5.82 Å². The van der Waals surface area contributed by atoms with Crippen molar-refractivity contribution in [2.45, 2.75) is 0 Å². The minimum absolute atomic E-state index is 0.0742. The lowest BCUT2D eigenvalue weighted by atomic mass is 10.2. The fraction of sp³-hybridized carbons (Fsp3) is 0. The predicted octanol–water partition coefficient (Wildman–Crippen LogP) is 2.69. The zero-order valence-corrected chi connectivity index (χ0v) is 9.48. The van der Waals surface area contributed by atoms with E-state index in [9.17, 15) is 9.90 Å². The average molecular weight is 249 g/mol. The molecule has 1 heterocycles. The lowest BCUT2D eigenvalue weighted by Crippen LogP contribution is -2.12. The van der Waals surface area contributed by atoms with Gasteiger partial charge in [0.15, 0.2) is 11.6 Å². The Morgan fingerprint density at radius 3 is 2.59 bits per heavy atom. The van der Waals surface area contributed by atoms with Crippen LogP contribution in [0.15, 0.2) is 42.6 Å². The fourth-order valence-corrected chi connectivity index (χ4v) is 1.40. The number of amides is 1. The Labute approximate surface area is 103 Å². The summed E-state index contributed by atoms with van der Waals surface area (Å²) in [6.07, 6.45) is 1.48. The maximum absolute atomic E-state index is 11.8. The quantitative estimate of drug-likeness (QED) is 0.859. The molecule has 0 atom stereocenters. The summed E-state index contributed by atoms with van der Waals surface area (Å²) in [5.41, 5.74) is 0.444. The number of halogens is 1. The normalized spacial score (nSPS) is 9.94. The largest absolute Gasteiger partial charge is 0.504 e. The lowest BCUT2D eigenvalue weighted by Gasteiger charge is -2.05. The van der Waals surface area contributed by atoms with Gasteiger partial charge in [0.05, 0.1) is 0 Å². The monoisotopic (exact) mass is 248 g/mol. The molecular weight excluding hydrogens is 240 g/mol. The molecule has 2 rings (SSSR count). The molecular formula is C12H9ClN2O2. The van der Waals surface area contributed by atoms with Crippen molar-refractivity contribution >= 4 is 23.3 Å². The van der Waals surface area contributed by atoms with E-state index in [0.29, 0.717) is 10.6 Å². The summed E-state index contributed by atoms with van der Waals surface area (Å²) in [5.74, 6) is -0.294. The third-order valence-electron chi connectivity index (χ3n) is 2.12. The van der Waals surface area contributed by atoms with Crippen molar-refractivity contribution in [3.8, 4) is 5.75 Å². The van der Waals surface area contributed by atoms with Crippen LogP contribution >= 0.6 is 11.6 Å². The third kappa shape index (κ3) is 2.73. The van der Waals surface area contributed by atoms with Crippen molar-refractivity contribution in [2.24, 2.45) is 0 Å². The predicted molar refractivity (Wildman–Crippen MR) is 65.3 cm³/mol. The first-order chi connectivity index (χ1) is 8.16. The highest BCUT2D eigenvalue weighted by Gasteiger charge is 2.08. The van der Waals surface area contributed by atoms with Crippen LogP contribution in [0.5, 0.6) is 5.75 Å². The van der Waals surface area contributed by atoms with Crippen molar-refractivity contribution in [1.29, 1.82) is 0 Å². The Morgan fingerprint density at radius 2 is 1.94 bits per heavy atom. The standard InChI is InChI=1S/C12H9ClN2O2/c13-9-5-3-8(4-6-9)12(17)15-11-10(16)2-1-7-14-11/h1-7,16H,(H,14,15,17). The molecule has 0 aliphatic carbocycles. The topological polar surface area (TPSA) is 62.2 Å². The van der Waals surface area contributed by atoms with Crippen LogP contribution in [0.25, 0.3) is 0 Å². The van der Waals surface area contributed by atoms with E-state index in [-0.39, 0.29) is 17.5 Å². The van der Waals surface area contributed by atoms with Gasteiger partial charge in [0.2, 0.25) is 0 Å². The number of carbonyl (C=O) groups is 1. The number of anilines is 1. The van der Waals surface area contributed by atoms with Crippen LogP contribution in [0.2, 0.25) is 5.02 Å². The van der Waals surface area contributed by atoms with Crippen LogP contribution in [0.3, 0.4) is 0 Å². The molecule has 0 spiro atoms. The summed E-state index contributed by atoms with van der Waals surface area (Å²) < 4.78 is 0. The number of pyridine rings is 1. The van der Waals surface area contributed by atoms with Crippen molar-refractivity contribution in [2.75, 3.05) is 5.32 Å². The molecule has 0 aliphatic rings. The zero-order chi connectivity index (χ0) is 12.3. The van der Waals surface area contributed by atoms with Crippen LogP contribution in [0, 0.1) is 0 Å². The van der Waals surface area contributed by atoms with Crippen LogP contribution in [-0.4, -0.2) is 16.0 Å². The van der Waals surface area contributed by atoms with Gasteiger partial charge in [0, 0.05) is 16.8 Å². The molecule has 5 heteroatoms. The van der Waals surface area contributed by atoms with Gasteiger partial charge < -0.3 is 10.4 Å².